The standard InChI is InChI=1S/C10H12N2/c1-8-4-3-5-9(8)10-11-6-7-12(10)2/h4-7H,3H2,1-2H3/p+1. The molecule has 2 heteroatoms. The summed E-state index contributed by atoms with van der Waals surface area (Å²) in [6, 6.07) is 0. The normalized spacial score (nSPS) is 16.2. The molecule has 2 nitrogen and oxygen atoms in total. The summed E-state index contributed by atoms with van der Waals surface area (Å²) in [4.78, 5) is 3.23. The Hall–Kier alpha value is -1.31. The van der Waals surface area contributed by atoms with Crippen molar-refractivity contribution >= 4 is 5.57 Å². The molecule has 0 amide bonds. The summed E-state index contributed by atoms with van der Waals surface area (Å²) in [7, 11) is 2.05. The first-order valence-corrected chi connectivity index (χ1v) is 4.19. The summed E-state index contributed by atoms with van der Waals surface area (Å²) in [5, 5.41) is 0. The van der Waals surface area contributed by atoms with Crippen molar-refractivity contribution in [2.24, 2.45) is 7.05 Å². The third-order valence-corrected chi connectivity index (χ3v) is 2.30. The Morgan fingerprint density at radius 2 is 2.25 bits per heavy atom. The van der Waals surface area contributed by atoms with Gasteiger partial charge in [0.2, 0.25) is 0 Å². The van der Waals surface area contributed by atoms with Crippen LogP contribution in [0.1, 0.15) is 19.2 Å². The second kappa shape index (κ2) is 2.63. The molecule has 1 heterocycles. The SMILES string of the molecule is CC1=CCC=C1c1[nH]cc[n+]1C. The fourth-order valence-electron chi connectivity index (χ4n) is 1.58. The van der Waals surface area contributed by atoms with Crippen molar-refractivity contribution in [2.45, 2.75) is 13.3 Å². The quantitative estimate of drug-likeness (QED) is 0.603. The minimum absolute atomic E-state index is 1.07. The Morgan fingerprint density at radius 3 is 2.75 bits per heavy atom. The predicted octanol–water partition coefficient (Wildman–Crippen LogP) is 1.57. The topological polar surface area (TPSA) is 19.7 Å². The Kier molecular flexibility index (Phi) is 1.61. The van der Waals surface area contributed by atoms with E-state index in [1.54, 1.807) is 0 Å². The molecule has 0 unspecified atom stereocenters. The molecule has 1 N–H and O–H groups in total. The molecular weight excluding hydrogens is 148 g/mol. The van der Waals surface area contributed by atoms with E-state index in [0.717, 1.165) is 6.42 Å². The van der Waals surface area contributed by atoms with Crippen molar-refractivity contribution < 1.29 is 4.57 Å². The van der Waals surface area contributed by atoms with Gasteiger partial charge in [-0.1, -0.05) is 12.2 Å². The zero-order chi connectivity index (χ0) is 8.55. The zero-order valence-electron chi connectivity index (χ0n) is 7.46. The molecule has 0 radical (unpaired) electrons. The van der Waals surface area contributed by atoms with Gasteiger partial charge in [-0.25, -0.2) is 9.55 Å². The highest BCUT2D eigenvalue weighted by atomic mass is 15.0. The highest BCUT2D eigenvalue weighted by Gasteiger charge is 2.16. The summed E-state index contributed by atoms with van der Waals surface area (Å²) in [6.07, 6.45) is 9.56. The maximum Gasteiger partial charge on any atom is 0.286 e. The van der Waals surface area contributed by atoms with Crippen LogP contribution in [0.2, 0.25) is 0 Å². The number of H-pyrrole nitrogens is 1. The van der Waals surface area contributed by atoms with Gasteiger partial charge in [0.25, 0.3) is 5.82 Å². The van der Waals surface area contributed by atoms with Gasteiger partial charge in [0.05, 0.1) is 12.6 Å². The maximum absolute atomic E-state index is 3.23. The molecule has 0 atom stereocenters. The van der Waals surface area contributed by atoms with Gasteiger partial charge in [-0.3, -0.25) is 0 Å². The van der Waals surface area contributed by atoms with E-state index in [9.17, 15) is 0 Å². The number of hydrogen-bond acceptors (Lipinski definition) is 0. The van der Waals surface area contributed by atoms with Gasteiger partial charge in [-0.2, -0.15) is 0 Å². The Morgan fingerprint density at radius 1 is 1.42 bits per heavy atom. The van der Waals surface area contributed by atoms with E-state index in [4.69, 9.17) is 0 Å². The summed E-state index contributed by atoms with van der Waals surface area (Å²) in [6.45, 7) is 2.15. The number of aryl methyl sites for hydroxylation is 1. The van der Waals surface area contributed by atoms with Crippen LogP contribution in [0.25, 0.3) is 5.57 Å². The summed E-state index contributed by atoms with van der Waals surface area (Å²) in [5.41, 5.74) is 2.70. The van der Waals surface area contributed by atoms with E-state index in [0.29, 0.717) is 0 Å². The molecule has 0 aromatic carbocycles. The number of imidazole rings is 1. The number of nitrogens with one attached hydrogen (secondary N) is 1. The Labute approximate surface area is 72.2 Å². The summed E-state index contributed by atoms with van der Waals surface area (Å²) < 4.78 is 2.11. The number of allylic oxidation sites excluding steroid dienone is 4. The van der Waals surface area contributed by atoms with Crippen LogP contribution < -0.4 is 4.57 Å². The number of rotatable bonds is 1. The molecule has 0 bridgehead atoms. The fourth-order valence-corrected chi connectivity index (χ4v) is 1.58. The molecule has 0 saturated heterocycles. The van der Waals surface area contributed by atoms with E-state index < -0.39 is 0 Å². The zero-order valence-corrected chi connectivity index (χ0v) is 7.46. The predicted molar refractivity (Wildman–Crippen MR) is 48.3 cm³/mol. The van der Waals surface area contributed by atoms with E-state index in [2.05, 4.69) is 35.7 Å². The van der Waals surface area contributed by atoms with E-state index in [-0.39, 0.29) is 0 Å². The van der Waals surface area contributed by atoms with Crippen LogP contribution in [0, 0.1) is 0 Å². The first-order chi connectivity index (χ1) is 5.79. The lowest BCUT2D eigenvalue weighted by Crippen LogP contribution is -2.29. The lowest BCUT2D eigenvalue weighted by molar-refractivity contribution is -0.672. The van der Waals surface area contributed by atoms with Crippen LogP contribution in [-0.4, -0.2) is 4.98 Å². The van der Waals surface area contributed by atoms with Crippen molar-refractivity contribution in [3.63, 3.8) is 0 Å². The van der Waals surface area contributed by atoms with Crippen LogP contribution in [0.5, 0.6) is 0 Å². The average molecular weight is 161 g/mol. The monoisotopic (exact) mass is 161 g/mol. The minimum Gasteiger partial charge on any atom is -0.243 e. The summed E-state index contributed by atoms with van der Waals surface area (Å²) >= 11 is 0. The van der Waals surface area contributed by atoms with Crippen molar-refractivity contribution in [3.05, 3.63) is 35.9 Å². The van der Waals surface area contributed by atoms with Gasteiger partial charge in [0.15, 0.2) is 0 Å². The van der Waals surface area contributed by atoms with Gasteiger partial charge < -0.3 is 0 Å². The number of aromatic amines is 1. The van der Waals surface area contributed by atoms with Crippen molar-refractivity contribution in [2.75, 3.05) is 0 Å². The van der Waals surface area contributed by atoms with Gasteiger partial charge in [0, 0.05) is 0 Å². The largest absolute Gasteiger partial charge is 0.286 e. The molecular formula is C10H13N2+. The Balaban J connectivity index is 2.44. The average Bonchev–Trinajstić information content (AvgIpc) is 2.59. The highest BCUT2D eigenvalue weighted by molar-refractivity contribution is 5.75. The number of hydrogen-bond donors (Lipinski definition) is 1. The van der Waals surface area contributed by atoms with Crippen LogP contribution in [0.3, 0.4) is 0 Å². The highest BCUT2D eigenvalue weighted by Crippen LogP contribution is 2.24. The lowest BCUT2D eigenvalue weighted by atomic mass is 10.1. The van der Waals surface area contributed by atoms with Gasteiger partial charge in [0.1, 0.15) is 12.4 Å². The fraction of sp³-hybridized carbons (Fsp3) is 0.300. The molecule has 0 fully saturated rings. The minimum atomic E-state index is 1.07. The van der Waals surface area contributed by atoms with Crippen molar-refractivity contribution in [1.29, 1.82) is 0 Å². The molecule has 1 aliphatic rings. The van der Waals surface area contributed by atoms with E-state index in [1.807, 2.05) is 12.4 Å². The van der Waals surface area contributed by atoms with Crippen LogP contribution in [0.4, 0.5) is 0 Å². The maximum atomic E-state index is 3.23. The van der Waals surface area contributed by atoms with Crippen LogP contribution in [0.15, 0.2) is 30.1 Å². The molecule has 0 aliphatic heterocycles. The van der Waals surface area contributed by atoms with E-state index in [1.165, 1.54) is 17.0 Å². The molecule has 1 aromatic heterocycles. The molecule has 1 aromatic rings. The van der Waals surface area contributed by atoms with Crippen LogP contribution >= 0.6 is 0 Å². The molecule has 62 valence electrons. The molecule has 0 saturated carbocycles. The third kappa shape index (κ3) is 0.998. The van der Waals surface area contributed by atoms with Gasteiger partial charge in [-0.05, 0) is 18.9 Å². The Bertz CT molecular complexity index is 356. The first kappa shape index (κ1) is 7.35. The third-order valence-electron chi connectivity index (χ3n) is 2.30. The second-order valence-corrected chi connectivity index (χ2v) is 3.16. The van der Waals surface area contributed by atoms with Crippen molar-refractivity contribution in [3.8, 4) is 0 Å². The van der Waals surface area contributed by atoms with Crippen LogP contribution in [-0.2, 0) is 7.05 Å². The first-order valence-electron chi connectivity index (χ1n) is 4.19. The number of nitrogens with zero attached hydrogens (tertiary/aromatic N) is 1. The molecule has 1 aliphatic carbocycles. The lowest BCUT2D eigenvalue weighted by Gasteiger charge is -1.96. The van der Waals surface area contributed by atoms with E-state index >= 15 is 0 Å². The molecule has 0 spiro atoms. The van der Waals surface area contributed by atoms with Gasteiger partial charge >= 0.3 is 0 Å². The molecule has 2 rings (SSSR count). The number of aromatic nitrogens is 2. The molecule has 12 heavy (non-hydrogen) atoms. The summed E-state index contributed by atoms with van der Waals surface area (Å²) in [5.74, 6) is 1.20. The smallest absolute Gasteiger partial charge is 0.243 e. The second-order valence-electron chi connectivity index (χ2n) is 3.16. The van der Waals surface area contributed by atoms with Gasteiger partial charge in [-0.15, -0.1) is 0 Å². The van der Waals surface area contributed by atoms with Crippen molar-refractivity contribution in [1.82, 2.24) is 4.98 Å².